The number of allylic oxidation sites excluding steroid dienone is 1. The number of benzene rings is 1. The lowest BCUT2D eigenvalue weighted by Gasteiger charge is -2.12. The van der Waals surface area contributed by atoms with Gasteiger partial charge in [-0.2, -0.15) is 0 Å². The zero-order valence-electron chi connectivity index (χ0n) is 16.0. The summed E-state index contributed by atoms with van der Waals surface area (Å²) in [6, 6.07) is 3.43. The highest BCUT2D eigenvalue weighted by molar-refractivity contribution is 5.79. The Kier molecular flexibility index (Phi) is 8.32. The molecule has 1 aromatic carbocycles. The van der Waals surface area contributed by atoms with Crippen LogP contribution in [-0.4, -0.2) is 37.1 Å². The second kappa shape index (κ2) is 11.0. The van der Waals surface area contributed by atoms with Crippen LogP contribution in [0.5, 0.6) is 5.75 Å². The fourth-order valence-electron chi connectivity index (χ4n) is 2.49. The van der Waals surface area contributed by atoms with E-state index >= 15 is 0 Å². The van der Waals surface area contributed by atoms with Crippen LogP contribution in [0.3, 0.4) is 0 Å². The van der Waals surface area contributed by atoms with Crippen molar-refractivity contribution in [1.82, 2.24) is 15.3 Å². The van der Waals surface area contributed by atoms with E-state index in [1.54, 1.807) is 31.6 Å². The van der Waals surface area contributed by atoms with Crippen LogP contribution in [0.15, 0.2) is 36.4 Å². The van der Waals surface area contributed by atoms with Crippen LogP contribution in [0.2, 0.25) is 0 Å². The van der Waals surface area contributed by atoms with E-state index in [9.17, 15) is 4.39 Å². The summed E-state index contributed by atoms with van der Waals surface area (Å²) in [5, 5.41) is 12.9. The zero-order chi connectivity index (χ0) is 20.4. The molecule has 0 fully saturated rings. The average molecular weight is 388 g/mol. The van der Waals surface area contributed by atoms with Gasteiger partial charge in [0, 0.05) is 24.8 Å². The largest absolute Gasteiger partial charge is 0.494 e. The van der Waals surface area contributed by atoms with Crippen LogP contribution in [0.25, 0.3) is 0 Å². The standard InChI is InChI=1S/C19H25FN6O2/c1-23-12-28-11-14-5-15(18(20)17(6-14)27-2)4-3-13-9-24-19(25-10-13)26-16(7-21)8-22/h5-10,21,23H,3-4,11-12,22H2,1-2H3,(H,24,25,26). The van der Waals surface area contributed by atoms with Crippen molar-refractivity contribution >= 4 is 12.2 Å². The number of aryl methyl sites for hydroxylation is 2. The number of aromatic nitrogens is 2. The van der Waals surface area contributed by atoms with Gasteiger partial charge >= 0.3 is 0 Å². The molecule has 0 spiro atoms. The van der Waals surface area contributed by atoms with Crippen molar-refractivity contribution in [3.8, 4) is 5.75 Å². The zero-order valence-corrected chi connectivity index (χ0v) is 16.0. The summed E-state index contributed by atoms with van der Waals surface area (Å²) in [6.45, 7) is 0.768. The summed E-state index contributed by atoms with van der Waals surface area (Å²) in [6.07, 6.45) is 6.66. The van der Waals surface area contributed by atoms with E-state index in [0.717, 1.165) is 17.3 Å². The molecule has 9 heteroatoms. The minimum atomic E-state index is -0.372. The van der Waals surface area contributed by atoms with Crippen molar-refractivity contribution in [1.29, 1.82) is 5.41 Å². The normalized spacial score (nSPS) is 11.3. The first kappa shape index (κ1) is 21.3. The maximum absolute atomic E-state index is 14.6. The van der Waals surface area contributed by atoms with Crippen LogP contribution >= 0.6 is 0 Å². The summed E-state index contributed by atoms with van der Waals surface area (Å²) < 4.78 is 25.2. The van der Waals surface area contributed by atoms with Gasteiger partial charge in [0.25, 0.3) is 0 Å². The first-order valence-corrected chi connectivity index (χ1v) is 8.69. The molecule has 0 bridgehead atoms. The summed E-state index contributed by atoms with van der Waals surface area (Å²) in [7, 11) is 3.23. The monoisotopic (exact) mass is 388 g/mol. The smallest absolute Gasteiger partial charge is 0.227 e. The van der Waals surface area contributed by atoms with Crippen LogP contribution < -0.4 is 21.1 Å². The van der Waals surface area contributed by atoms with Gasteiger partial charge in [-0.3, -0.25) is 5.32 Å². The van der Waals surface area contributed by atoms with Crippen molar-refractivity contribution < 1.29 is 13.9 Å². The number of hydrogen-bond donors (Lipinski definition) is 4. The number of nitrogens with two attached hydrogens (primary N) is 1. The predicted octanol–water partition coefficient (Wildman–Crippen LogP) is 1.96. The lowest BCUT2D eigenvalue weighted by Crippen LogP contribution is -2.11. The van der Waals surface area contributed by atoms with Gasteiger partial charge in [-0.25, -0.2) is 14.4 Å². The molecule has 1 aromatic heterocycles. The van der Waals surface area contributed by atoms with Crippen molar-refractivity contribution in [2.75, 3.05) is 26.2 Å². The first-order valence-electron chi connectivity index (χ1n) is 8.69. The molecule has 0 aliphatic heterocycles. The molecule has 28 heavy (non-hydrogen) atoms. The number of nitrogens with one attached hydrogen (secondary N) is 3. The number of methoxy groups -OCH3 is 1. The minimum Gasteiger partial charge on any atom is -0.494 e. The van der Waals surface area contributed by atoms with Gasteiger partial charge in [0.2, 0.25) is 5.95 Å². The molecule has 150 valence electrons. The summed E-state index contributed by atoms with van der Waals surface area (Å²) in [5.74, 6) is 0.160. The third kappa shape index (κ3) is 6.00. The minimum absolute atomic E-state index is 0.198. The Morgan fingerprint density at radius 2 is 2.00 bits per heavy atom. The molecule has 0 saturated heterocycles. The van der Waals surface area contributed by atoms with Crippen molar-refractivity contribution in [2.45, 2.75) is 19.4 Å². The fraction of sp³-hybridized carbons (Fsp3) is 0.316. The fourth-order valence-corrected chi connectivity index (χ4v) is 2.49. The van der Waals surface area contributed by atoms with E-state index < -0.39 is 0 Å². The van der Waals surface area contributed by atoms with Gasteiger partial charge in [-0.15, -0.1) is 0 Å². The summed E-state index contributed by atoms with van der Waals surface area (Å²) in [5.41, 5.74) is 8.00. The quantitative estimate of drug-likeness (QED) is 0.264. The molecular weight excluding hydrogens is 363 g/mol. The molecule has 0 aliphatic carbocycles. The van der Waals surface area contributed by atoms with E-state index in [1.165, 1.54) is 13.3 Å². The van der Waals surface area contributed by atoms with E-state index in [1.807, 2.05) is 0 Å². The van der Waals surface area contributed by atoms with Gasteiger partial charge in [-0.1, -0.05) is 6.07 Å². The molecule has 0 amide bonds. The van der Waals surface area contributed by atoms with Gasteiger partial charge in [0.1, 0.15) is 0 Å². The molecule has 0 unspecified atom stereocenters. The predicted molar refractivity (Wildman–Crippen MR) is 106 cm³/mol. The third-order valence-corrected chi connectivity index (χ3v) is 3.89. The van der Waals surface area contributed by atoms with Crippen LogP contribution in [0, 0.1) is 11.2 Å². The Morgan fingerprint density at radius 3 is 2.61 bits per heavy atom. The lowest BCUT2D eigenvalue weighted by atomic mass is 10.0. The lowest BCUT2D eigenvalue weighted by molar-refractivity contribution is 0.108. The molecule has 2 rings (SSSR count). The van der Waals surface area contributed by atoms with E-state index in [0.29, 0.717) is 43.4 Å². The highest BCUT2D eigenvalue weighted by atomic mass is 19.1. The second-order valence-corrected chi connectivity index (χ2v) is 5.92. The van der Waals surface area contributed by atoms with Crippen molar-refractivity contribution in [3.63, 3.8) is 0 Å². The topological polar surface area (TPSA) is 118 Å². The molecule has 0 saturated carbocycles. The molecule has 2 aromatic rings. The molecule has 8 nitrogen and oxygen atoms in total. The Balaban J connectivity index is 2.06. The summed E-state index contributed by atoms with van der Waals surface area (Å²) in [4.78, 5) is 8.37. The Labute approximate surface area is 163 Å². The van der Waals surface area contributed by atoms with Crippen molar-refractivity contribution in [2.24, 2.45) is 5.73 Å². The molecule has 1 heterocycles. The van der Waals surface area contributed by atoms with Crippen LogP contribution in [-0.2, 0) is 24.2 Å². The number of hydrogen-bond acceptors (Lipinski definition) is 8. The molecular formula is C19H25FN6O2. The van der Waals surface area contributed by atoms with E-state index in [2.05, 4.69) is 20.6 Å². The SMILES string of the molecule is CNCOCc1cc(CCc2cnc(NC(C=N)=CN)nc2)c(F)c(OC)c1. The van der Waals surface area contributed by atoms with E-state index in [-0.39, 0.29) is 11.6 Å². The highest BCUT2D eigenvalue weighted by Crippen LogP contribution is 2.24. The Bertz CT molecular complexity index is 811. The second-order valence-electron chi connectivity index (χ2n) is 5.92. The summed E-state index contributed by atoms with van der Waals surface area (Å²) >= 11 is 0. The average Bonchev–Trinajstić information content (AvgIpc) is 2.73. The number of ether oxygens (including phenoxy) is 2. The third-order valence-electron chi connectivity index (χ3n) is 3.89. The maximum atomic E-state index is 14.6. The number of nitrogens with zero attached hydrogens (tertiary/aromatic N) is 2. The highest BCUT2D eigenvalue weighted by Gasteiger charge is 2.12. The molecule has 0 radical (unpaired) electrons. The Hall–Kier alpha value is -3.04. The van der Waals surface area contributed by atoms with Gasteiger partial charge in [0.15, 0.2) is 11.6 Å². The van der Waals surface area contributed by atoms with E-state index in [4.69, 9.17) is 20.6 Å². The molecule has 5 N–H and O–H groups in total. The number of anilines is 1. The molecule has 0 aliphatic rings. The van der Waals surface area contributed by atoms with Crippen LogP contribution in [0.1, 0.15) is 16.7 Å². The first-order chi connectivity index (χ1) is 13.6. The van der Waals surface area contributed by atoms with Gasteiger partial charge < -0.3 is 25.9 Å². The van der Waals surface area contributed by atoms with Crippen molar-refractivity contribution in [3.05, 3.63) is 58.9 Å². The Morgan fingerprint density at radius 1 is 1.25 bits per heavy atom. The van der Waals surface area contributed by atoms with Gasteiger partial charge in [-0.05, 0) is 42.6 Å². The van der Waals surface area contributed by atoms with Gasteiger partial charge in [0.05, 0.1) is 26.1 Å². The van der Waals surface area contributed by atoms with Crippen LogP contribution in [0.4, 0.5) is 10.3 Å². The molecule has 0 atom stereocenters. The number of halogens is 1. The maximum Gasteiger partial charge on any atom is 0.227 e. The number of rotatable bonds is 11.